The summed E-state index contributed by atoms with van der Waals surface area (Å²) in [6.45, 7) is -0.196. The highest BCUT2D eigenvalue weighted by atomic mass is 35.5. The van der Waals surface area contributed by atoms with Gasteiger partial charge in [-0.1, -0.05) is 45.9 Å². The number of nitrogens with one attached hydrogen (secondary N) is 1. The highest BCUT2D eigenvalue weighted by Gasteiger charge is 2.54. The van der Waals surface area contributed by atoms with Gasteiger partial charge in [0.1, 0.15) is 27.1 Å². The zero-order valence-electron chi connectivity index (χ0n) is 14.8. The molecule has 0 bridgehead atoms. The highest BCUT2D eigenvalue weighted by Crippen LogP contribution is 2.43. The van der Waals surface area contributed by atoms with Crippen LogP contribution in [0.15, 0.2) is 27.2 Å². The Labute approximate surface area is 186 Å². The van der Waals surface area contributed by atoms with Gasteiger partial charge in [-0.3, -0.25) is 14.5 Å². The predicted octanol–water partition coefficient (Wildman–Crippen LogP) is 0.492. The Bertz CT molecular complexity index is 993. The number of amides is 2. The summed E-state index contributed by atoms with van der Waals surface area (Å²) in [5.74, 6) is -2.52. The number of aliphatic carboxylic acids is 1. The summed E-state index contributed by atoms with van der Waals surface area (Å²) in [6, 6.07) is -1.03. The maximum Gasteiger partial charge on any atom is 0.353 e. The van der Waals surface area contributed by atoms with Crippen LogP contribution in [0.1, 0.15) is 5.69 Å². The lowest BCUT2D eigenvalue weighted by atomic mass is 10.0. The van der Waals surface area contributed by atoms with E-state index in [-0.39, 0.29) is 33.2 Å². The van der Waals surface area contributed by atoms with Crippen molar-refractivity contribution in [1.82, 2.24) is 15.2 Å². The van der Waals surface area contributed by atoms with E-state index in [9.17, 15) is 24.7 Å². The van der Waals surface area contributed by atoms with Crippen LogP contribution in [0.2, 0.25) is 4.34 Å². The number of thioether (sulfide) groups is 2. The number of halogens is 1. The van der Waals surface area contributed by atoms with Crippen molar-refractivity contribution in [3.63, 3.8) is 0 Å². The summed E-state index contributed by atoms with van der Waals surface area (Å²) >= 11 is 9.19. The highest BCUT2D eigenvalue weighted by molar-refractivity contribution is 8.08. The minimum atomic E-state index is -1.28. The maximum atomic E-state index is 12.6. The molecule has 30 heavy (non-hydrogen) atoms. The molecule has 1 unspecified atom stereocenters. The van der Waals surface area contributed by atoms with Crippen LogP contribution in [0.5, 0.6) is 0 Å². The second-order valence-corrected chi connectivity index (χ2v) is 9.47. The Balaban J connectivity index is 1.78. The molecule has 2 aliphatic rings. The molecule has 1 aromatic heterocycles. The number of aromatic nitrogens is 1. The fourth-order valence-electron chi connectivity index (χ4n) is 2.73. The van der Waals surface area contributed by atoms with Gasteiger partial charge in [-0.05, 0) is 5.41 Å². The Morgan fingerprint density at radius 3 is 2.80 bits per heavy atom. The molecular formula is C15H14ClN5O6S3. The second-order valence-electron chi connectivity index (χ2n) is 5.73. The largest absolute Gasteiger partial charge is 0.477 e. The van der Waals surface area contributed by atoms with Crippen LogP contribution < -0.4 is 11.1 Å². The van der Waals surface area contributed by atoms with Crippen LogP contribution in [0.3, 0.4) is 0 Å². The molecule has 3 rings (SSSR count). The van der Waals surface area contributed by atoms with Crippen molar-refractivity contribution >= 4 is 75.1 Å². The minimum absolute atomic E-state index is 0.0396. The van der Waals surface area contributed by atoms with Crippen LogP contribution in [-0.2, 0) is 14.4 Å². The predicted molar refractivity (Wildman–Crippen MR) is 113 cm³/mol. The molecule has 0 spiro atoms. The third kappa shape index (κ3) is 4.13. The number of aliphatic hydroxyl groups excluding tert-OH is 1. The van der Waals surface area contributed by atoms with E-state index in [0.717, 1.165) is 28.0 Å². The molecule has 0 aromatic carbocycles. The second kappa shape index (κ2) is 9.26. The van der Waals surface area contributed by atoms with Gasteiger partial charge in [0.05, 0.1) is 6.61 Å². The molecule has 6 N–H and O–H groups in total. The number of fused-ring (bicyclic) bond motifs is 1. The quantitative estimate of drug-likeness (QED) is 0.156. The normalized spacial score (nSPS) is 21.6. The molecule has 1 saturated heterocycles. The third-order valence-electron chi connectivity index (χ3n) is 3.98. The van der Waals surface area contributed by atoms with Gasteiger partial charge in [0, 0.05) is 10.7 Å². The Kier molecular flexibility index (Phi) is 6.92. The first kappa shape index (κ1) is 22.4. The topological polar surface area (TPSA) is 178 Å². The molecule has 2 amide bonds. The number of anilines is 1. The van der Waals surface area contributed by atoms with Gasteiger partial charge in [0.2, 0.25) is 0 Å². The zero-order chi connectivity index (χ0) is 22.0. The molecule has 0 radical (unpaired) electrons. The van der Waals surface area contributed by atoms with Crippen LogP contribution in [0.4, 0.5) is 5.13 Å². The molecule has 2 atom stereocenters. The van der Waals surface area contributed by atoms with Crippen LogP contribution in [-0.4, -0.2) is 72.6 Å². The third-order valence-corrected chi connectivity index (χ3v) is 7.47. The van der Waals surface area contributed by atoms with Crippen molar-refractivity contribution in [3.05, 3.63) is 32.1 Å². The standard InChI is InChI=1S/C15H14ClN5O6S3/c16-10-6(19-15(17)30-10)7(20-27)11(23)18-8-12(24)21-9(14(25)26)5(4-29-13(8)21)28-3-1-2-22/h1,3,8,13,22,27H,2,4H2,(H2,17,19)(H,18,23)(H,25,26)/b3-1-,20-7-/t8?,13-/m1/s1. The molecular weight excluding hydrogens is 478 g/mol. The number of carbonyl (C=O) groups is 3. The molecule has 3 heterocycles. The summed E-state index contributed by atoms with van der Waals surface area (Å²) in [6.07, 6.45) is 1.45. The number of carboxylic acids is 1. The number of β-lactam (4-membered cyclic amide) rings is 1. The number of carboxylic acid groups (broad SMARTS) is 1. The molecule has 11 nitrogen and oxygen atoms in total. The van der Waals surface area contributed by atoms with Gasteiger partial charge in [0.25, 0.3) is 11.8 Å². The number of nitrogen functional groups attached to an aromatic ring is 1. The van der Waals surface area contributed by atoms with E-state index in [1.165, 1.54) is 23.2 Å². The Hall–Kier alpha value is -2.26. The Morgan fingerprint density at radius 1 is 1.50 bits per heavy atom. The lowest BCUT2D eigenvalue weighted by Gasteiger charge is -2.49. The molecule has 1 fully saturated rings. The fourth-order valence-corrected chi connectivity index (χ4v) is 5.97. The average Bonchev–Trinajstić information content (AvgIpc) is 3.03. The van der Waals surface area contributed by atoms with Crippen molar-refractivity contribution < 1.29 is 29.8 Å². The van der Waals surface area contributed by atoms with Crippen LogP contribution >= 0.6 is 46.5 Å². The summed E-state index contributed by atoms with van der Waals surface area (Å²) < 4.78 is 0.0396. The van der Waals surface area contributed by atoms with Crippen LogP contribution in [0.25, 0.3) is 0 Å². The summed E-state index contributed by atoms with van der Waals surface area (Å²) in [4.78, 5) is 42.2. The van der Waals surface area contributed by atoms with Gasteiger partial charge in [-0.2, -0.15) is 0 Å². The first-order valence-corrected chi connectivity index (χ1v) is 11.2. The molecule has 15 heteroatoms. The number of aliphatic hydroxyl groups is 1. The number of hydrogen-bond donors (Lipinski definition) is 5. The average molecular weight is 492 g/mol. The molecule has 2 aliphatic heterocycles. The number of thiazole rings is 1. The van der Waals surface area contributed by atoms with Gasteiger partial charge < -0.3 is 26.5 Å². The van der Waals surface area contributed by atoms with Crippen molar-refractivity contribution in [2.75, 3.05) is 18.1 Å². The monoisotopic (exact) mass is 491 g/mol. The van der Waals surface area contributed by atoms with E-state index in [4.69, 9.17) is 22.4 Å². The molecule has 0 aliphatic carbocycles. The van der Waals surface area contributed by atoms with Crippen molar-refractivity contribution in [2.45, 2.75) is 11.4 Å². The number of oxime groups is 1. The van der Waals surface area contributed by atoms with E-state index in [2.05, 4.69) is 15.5 Å². The van der Waals surface area contributed by atoms with Gasteiger partial charge in [-0.15, -0.1) is 11.8 Å². The SMILES string of the molecule is Nc1nc(/C(=N/O)C(=O)NC2C(=O)N3C(C(=O)O)=C(S/C=C\CO)CS[C@H]23)c(Cl)s1. The number of nitrogens with two attached hydrogens (primary N) is 1. The van der Waals surface area contributed by atoms with Crippen molar-refractivity contribution in [2.24, 2.45) is 5.16 Å². The number of nitrogens with zero attached hydrogens (tertiary/aromatic N) is 3. The number of rotatable bonds is 7. The van der Waals surface area contributed by atoms with Gasteiger partial charge >= 0.3 is 5.97 Å². The van der Waals surface area contributed by atoms with Crippen molar-refractivity contribution in [3.8, 4) is 0 Å². The first-order valence-electron chi connectivity index (χ1n) is 8.08. The smallest absolute Gasteiger partial charge is 0.353 e. The minimum Gasteiger partial charge on any atom is -0.477 e. The lowest BCUT2D eigenvalue weighted by molar-refractivity contribution is -0.150. The molecule has 0 saturated carbocycles. The summed E-state index contributed by atoms with van der Waals surface area (Å²) in [7, 11) is 0. The molecule has 1 aromatic rings. The summed E-state index contributed by atoms with van der Waals surface area (Å²) in [5, 5.41) is 33.9. The maximum absolute atomic E-state index is 12.6. The zero-order valence-corrected chi connectivity index (χ0v) is 18.0. The van der Waals surface area contributed by atoms with E-state index < -0.39 is 34.9 Å². The fraction of sp³-hybridized carbons (Fsp3) is 0.267. The van der Waals surface area contributed by atoms with Crippen LogP contribution in [0, 0.1) is 0 Å². The van der Waals surface area contributed by atoms with E-state index >= 15 is 0 Å². The molecule has 160 valence electrons. The van der Waals surface area contributed by atoms with Gasteiger partial charge in [0.15, 0.2) is 10.8 Å². The lowest BCUT2D eigenvalue weighted by Crippen LogP contribution is -2.71. The first-order chi connectivity index (χ1) is 14.3. The van der Waals surface area contributed by atoms with E-state index in [1.807, 2.05) is 0 Å². The Morgan fingerprint density at radius 2 is 2.23 bits per heavy atom. The number of hydrogen-bond acceptors (Lipinski definition) is 11. The number of carbonyl (C=O) groups excluding carboxylic acids is 2. The van der Waals surface area contributed by atoms with Gasteiger partial charge in [-0.25, -0.2) is 9.78 Å². The van der Waals surface area contributed by atoms with E-state index in [0.29, 0.717) is 4.91 Å². The van der Waals surface area contributed by atoms with E-state index in [1.54, 1.807) is 0 Å². The van der Waals surface area contributed by atoms with Crippen molar-refractivity contribution in [1.29, 1.82) is 0 Å². The summed E-state index contributed by atoms with van der Waals surface area (Å²) in [5.41, 5.74) is 4.72.